The van der Waals surface area contributed by atoms with Gasteiger partial charge in [0.05, 0.1) is 0 Å². The van der Waals surface area contributed by atoms with Crippen LogP contribution in [0.4, 0.5) is 0 Å². The summed E-state index contributed by atoms with van der Waals surface area (Å²) < 4.78 is 5.99. The normalized spacial score (nSPS) is 23.7. The molecule has 0 fully saturated rings. The van der Waals surface area contributed by atoms with E-state index < -0.39 is 0 Å². The van der Waals surface area contributed by atoms with Gasteiger partial charge in [-0.2, -0.15) is 0 Å². The van der Waals surface area contributed by atoms with Gasteiger partial charge < -0.3 is 4.74 Å². The Morgan fingerprint density at radius 3 is 2.50 bits per heavy atom. The van der Waals surface area contributed by atoms with Gasteiger partial charge in [-0.15, -0.1) is 0 Å². The molecule has 0 heterocycles. The van der Waals surface area contributed by atoms with Crippen LogP contribution < -0.4 is 4.74 Å². The van der Waals surface area contributed by atoms with Crippen molar-refractivity contribution in [1.29, 1.82) is 0 Å². The Hall–Kier alpha value is -1.24. The van der Waals surface area contributed by atoms with Gasteiger partial charge in [-0.05, 0) is 42.9 Å². The molecule has 0 aliphatic heterocycles. The van der Waals surface area contributed by atoms with Crippen molar-refractivity contribution >= 4 is 0 Å². The fraction of sp³-hybridized carbons (Fsp3) is 0.467. The number of para-hydroxylation sites is 1. The minimum absolute atomic E-state index is 0.260. The molecule has 0 saturated heterocycles. The predicted molar refractivity (Wildman–Crippen MR) is 67.6 cm³/mol. The second-order valence-electron chi connectivity index (χ2n) is 5.34. The summed E-state index contributed by atoms with van der Waals surface area (Å²) in [7, 11) is 0. The number of benzene rings is 1. The molecule has 0 aromatic heterocycles. The summed E-state index contributed by atoms with van der Waals surface area (Å²) in [4.78, 5) is 0. The predicted octanol–water partition coefficient (Wildman–Crippen LogP) is 4.20. The van der Waals surface area contributed by atoms with E-state index >= 15 is 0 Å². The second kappa shape index (κ2) is 4.32. The van der Waals surface area contributed by atoms with Crippen molar-refractivity contribution in [3.05, 3.63) is 42.0 Å². The third-order valence-electron chi connectivity index (χ3n) is 3.20. The zero-order valence-corrected chi connectivity index (χ0v) is 10.4. The summed E-state index contributed by atoms with van der Waals surface area (Å²) in [5.41, 5.74) is 1.70. The Morgan fingerprint density at radius 2 is 1.88 bits per heavy atom. The maximum Gasteiger partial charge on any atom is 0.120 e. The van der Waals surface area contributed by atoms with Crippen LogP contribution in [0.5, 0.6) is 5.75 Å². The van der Waals surface area contributed by atoms with Crippen LogP contribution in [0.25, 0.3) is 0 Å². The van der Waals surface area contributed by atoms with Crippen LogP contribution in [0, 0.1) is 5.41 Å². The molecule has 0 N–H and O–H groups in total. The van der Waals surface area contributed by atoms with E-state index in [1.165, 1.54) is 12.0 Å². The Balaban J connectivity index is 2.08. The van der Waals surface area contributed by atoms with E-state index in [2.05, 4.69) is 26.8 Å². The summed E-state index contributed by atoms with van der Waals surface area (Å²) in [6, 6.07) is 10.1. The third kappa shape index (κ3) is 2.66. The lowest BCUT2D eigenvalue weighted by atomic mass is 9.79. The van der Waals surface area contributed by atoms with Gasteiger partial charge in [0.15, 0.2) is 0 Å². The molecule has 0 spiro atoms. The van der Waals surface area contributed by atoms with Crippen LogP contribution in [0.3, 0.4) is 0 Å². The number of rotatable bonds is 2. The van der Waals surface area contributed by atoms with E-state index in [-0.39, 0.29) is 6.10 Å². The van der Waals surface area contributed by atoms with Gasteiger partial charge in [0.25, 0.3) is 0 Å². The molecule has 1 aliphatic rings. The van der Waals surface area contributed by atoms with Crippen molar-refractivity contribution < 1.29 is 4.74 Å². The summed E-state index contributed by atoms with van der Waals surface area (Å²) in [5, 5.41) is 0. The third-order valence-corrected chi connectivity index (χ3v) is 3.20. The summed E-state index contributed by atoms with van der Waals surface area (Å²) >= 11 is 0. The van der Waals surface area contributed by atoms with Crippen LogP contribution in [0.2, 0.25) is 0 Å². The first-order valence-corrected chi connectivity index (χ1v) is 5.98. The molecular weight excluding hydrogens is 196 g/mol. The maximum atomic E-state index is 5.99. The van der Waals surface area contributed by atoms with Crippen molar-refractivity contribution in [3.8, 4) is 5.75 Å². The molecule has 16 heavy (non-hydrogen) atoms. The van der Waals surface area contributed by atoms with Gasteiger partial charge in [-0.1, -0.05) is 38.1 Å². The lowest BCUT2D eigenvalue weighted by molar-refractivity contribution is 0.190. The van der Waals surface area contributed by atoms with Crippen molar-refractivity contribution in [3.63, 3.8) is 0 Å². The Morgan fingerprint density at radius 1 is 1.19 bits per heavy atom. The number of allylic oxidation sites excluding steroid dienone is 1. The maximum absolute atomic E-state index is 5.99. The molecule has 0 radical (unpaired) electrons. The molecule has 0 saturated carbocycles. The summed E-state index contributed by atoms with van der Waals surface area (Å²) in [6.07, 6.45) is 4.92. The molecule has 1 aromatic rings. The van der Waals surface area contributed by atoms with Gasteiger partial charge in [-0.3, -0.25) is 0 Å². The van der Waals surface area contributed by atoms with Crippen LogP contribution in [-0.2, 0) is 0 Å². The molecule has 1 atom stereocenters. The Bertz CT molecular complexity index is 376. The highest BCUT2D eigenvalue weighted by Gasteiger charge is 2.26. The highest BCUT2D eigenvalue weighted by molar-refractivity contribution is 5.24. The van der Waals surface area contributed by atoms with Crippen LogP contribution in [0.1, 0.15) is 33.6 Å². The van der Waals surface area contributed by atoms with E-state index in [1.807, 2.05) is 30.3 Å². The Kier molecular flexibility index (Phi) is 3.04. The topological polar surface area (TPSA) is 9.23 Å². The molecule has 1 nitrogen and oxygen atoms in total. The molecule has 86 valence electrons. The highest BCUT2D eigenvalue weighted by Crippen LogP contribution is 2.34. The monoisotopic (exact) mass is 216 g/mol. The number of ether oxygens (including phenoxy) is 1. The van der Waals surface area contributed by atoms with Gasteiger partial charge >= 0.3 is 0 Å². The molecule has 2 rings (SSSR count). The molecule has 1 aromatic carbocycles. The van der Waals surface area contributed by atoms with Crippen LogP contribution >= 0.6 is 0 Å². The lowest BCUT2D eigenvalue weighted by Gasteiger charge is -2.32. The largest absolute Gasteiger partial charge is 0.486 e. The first-order chi connectivity index (χ1) is 7.57. The molecular formula is C15H20O. The van der Waals surface area contributed by atoms with Crippen molar-refractivity contribution in [2.45, 2.75) is 39.7 Å². The van der Waals surface area contributed by atoms with E-state index in [9.17, 15) is 0 Å². The fourth-order valence-electron chi connectivity index (χ4n) is 2.33. The van der Waals surface area contributed by atoms with Crippen molar-refractivity contribution in [2.75, 3.05) is 0 Å². The minimum Gasteiger partial charge on any atom is -0.486 e. The molecule has 0 amide bonds. The van der Waals surface area contributed by atoms with E-state index in [1.54, 1.807) is 0 Å². The number of hydrogen-bond acceptors (Lipinski definition) is 1. The minimum atomic E-state index is 0.260. The number of hydrogen-bond donors (Lipinski definition) is 0. The van der Waals surface area contributed by atoms with Gasteiger partial charge in [-0.25, -0.2) is 0 Å². The molecule has 1 aliphatic carbocycles. The quantitative estimate of drug-likeness (QED) is 0.673. The average Bonchev–Trinajstić information content (AvgIpc) is 2.23. The standard InChI is InChI=1S/C15H20O/c1-12-11-15(2,3)10-9-14(12)16-13-7-5-4-6-8-13/h4-8,11,14H,9-10H2,1-3H3. The highest BCUT2D eigenvalue weighted by atomic mass is 16.5. The smallest absolute Gasteiger partial charge is 0.120 e. The molecule has 1 unspecified atom stereocenters. The Labute approximate surface area is 98.1 Å². The van der Waals surface area contributed by atoms with E-state index in [4.69, 9.17) is 4.74 Å². The summed E-state index contributed by atoms with van der Waals surface area (Å²) in [6.45, 7) is 6.75. The van der Waals surface area contributed by atoms with Gasteiger partial charge in [0, 0.05) is 0 Å². The van der Waals surface area contributed by atoms with Crippen LogP contribution in [-0.4, -0.2) is 6.10 Å². The average molecular weight is 216 g/mol. The second-order valence-corrected chi connectivity index (χ2v) is 5.34. The first-order valence-electron chi connectivity index (χ1n) is 5.98. The molecule has 0 bridgehead atoms. The lowest BCUT2D eigenvalue weighted by Crippen LogP contribution is -2.27. The zero-order chi connectivity index (χ0) is 11.6. The van der Waals surface area contributed by atoms with E-state index in [0.717, 1.165) is 12.2 Å². The fourth-order valence-corrected chi connectivity index (χ4v) is 2.33. The summed E-state index contributed by atoms with van der Waals surface area (Å²) in [5.74, 6) is 0.972. The van der Waals surface area contributed by atoms with Gasteiger partial charge in [0.2, 0.25) is 0 Å². The first kappa shape index (κ1) is 11.3. The van der Waals surface area contributed by atoms with Gasteiger partial charge in [0.1, 0.15) is 11.9 Å². The SMILES string of the molecule is CC1=CC(C)(C)CCC1Oc1ccccc1. The molecule has 1 heteroatoms. The van der Waals surface area contributed by atoms with E-state index in [0.29, 0.717) is 5.41 Å². The zero-order valence-electron chi connectivity index (χ0n) is 10.4. The van der Waals surface area contributed by atoms with Crippen LogP contribution in [0.15, 0.2) is 42.0 Å². The van der Waals surface area contributed by atoms with Crippen molar-refractivity contribution in [2.24, 2.45) is 5.41 Å². The van der Waals surface area contributed by atoms with Crippen molar-refractivity contribution in [1.82, 2.24) is 0 Å².